The van der Waals surface area contributed by atoms with E-state index in [-0.39, 0.29) is 6.10 Å². The summed E-state index contributed by atoms with van der Waals surface area (Å²) in [6, 6.07) is 5.89. The second-order valence-corrected chi connectivity index (χ2v) is 6.15. The van der Waals surface area contributed by atoms with Gasteiger partial charge in [0.25, 0.3) is 0 Å². The first-order valence-electron chi connectivity index (χ1n) is 8.36. The molecule has 1 aromatic carbocycles. The molecular weight excluding hydrogens is 304 g/mol. The van der Waals surface area contributed by atoms with Crippen LogP contribution < -0.4 is 20.5 Å². The van der Waals surface area contributed by atoms with Crippen LogP contribution >= 0.6 is 0 Å². The number of rotatable bonds is 5. The number of hydrogen-bond acceptors (Lipinski definition) is 6. The van der Waals surface area contributed by atoms with Gasteiger partial charge < -0.3 is 20.5 Å². The van der Waals surface area contributed by atoms with Crippen LogP contribution in [0.25, 0.3) is 0 Å². The maximum Gasteiger partial charge on any atom is 0.242 e. The van der Waals surface area contributed by atoms with E-state index in [1.165, 1.54) is 25.6 Å². The molecule has 2 aromatic rings. The van der Waals surface area contributed by atoms with Crippen molar-refractivity contribution in [2.75, 3.05) is 18.2 Å². The highest BCUT2D eigenvalue weighted by Crippen LogP contribution is 2.33. The molecule has 0 atom stereocenters. The van der Waals surface area contributed by atoms with Crippen LogP contribution in [-0.2, 0) is 0 Å². The van der Waals surface area contributed by atoms with Crippen LogP contribution in [0.4, 0.5) is 17.2 Å². The van der Waals surface area contributed by atoms with Crippen molar-refractivity contribution < 1.29 is 9.47 Å². The number of ether oxygens (including phenoxy) is 2. The van der Waals surface area contributed by atoms with Crippen molar-refractivity contribution in [3.8, 4) is 11.6 Å². The number of nitrogens with one attached hydrogen (secondary N) is 1. The van der Waals surface area contributed by atoms with Gasteiger partial charge in [0.2, 0.25) is 5.88 Å². The van der Waals surface area contributed by atoms with Crippen molar-refractivity contribution in [2.45, 2.75) is 45.1 Å². The van der Waals surface area contributed by atoms with Crippen LogP contribution in [0.3, 0.4) is 0 Å². The van der Waals surface area contributed by atoms with Crippen LogP contribution in [0, 0.1) is 6.92 Å². The monoisotopic (exact) mass is 328 g/mol. The van der Waals surface area contributed by atoms with Crippen molar-refractivity contribution in [3.63, 3.8) is 0 Å². The molecule has 6 heteroatoms. The lowest BCUT2D eigenvalue weighted by molar-refractivity contribution is 0.149. The van der Waals surface area contributed by atoms with Crippen molar-refractivity contribution in [1.82, 2.24) is 9.97 Å². The molecule has 3 rings (SSSR count). The minimum absolute atomic E-state index is 0.192. The molecule has 1 aliphatic rings. The predicted octanol–water partition coefficient (Wildman–Crippen LogP) is 3.83. The van der Waals surface area contributed by atoms with Gasteiger partial charge in [-0.3, -0.25) is 0 Å². The van der Waals surface area contributed by atoms with Crippen LogP contribution in [0.2, 0.25) is 0 Å². The minimum Gasteiger partial charge on any atom is -0.495 e. The molecule has 1 fully saturated rings. The smallest absolute Gasteiger partial charge is 0.242 e. The molecule has 3 N–H and O–H groups in total. The van der Waals surface area contributed by atoms with E-state index in [2.05, 4.69) is 15.3 Å². The Bertz CT molecular complexity index is 699. The summed E-state index contributed by atoms with van der Waals surface area (Å²) in [5.74, 6) is 1.71. The topological polar surface area (TPSA) is 82.3 Å². The summed E-state index contributed by atoms with van der Waals surface area (Å²) >= 11 is 0. The van der Waals surface area contributed by atoms with Crippen LogP contribution in [0.15, 0.2) is 24.5 Å². The molecule has 1 saturated carbocycles. The molecule has 1 heterocycles. The lowest BCUT2D eigenvalue weighted by atomic mass is 9.98. The lowest BCUT2D eigenvalue weighted by Crippen LogP contribution is -2.21. The molecule has 0 radical (unpaired) electrons. The third-order valence-corrected chi connectivity index (χ3v) is 4.29. The Kier molecular flexibility index (Phi) is 5.03. The molecule has 0 aliphatic heterocycles. The third kappa shape index (κ3) is 3.69. The van der Waals surface area contributed by atoms with E-state index in [9.17, 15) is 0 Å². The number of aromatic nitrogens is 2. The Hall–Kier alpha value is -2.50. The summed E-state index contributed by atoms with van der Waals surface area (Å²) in [6.07, 6.45) is 7.44. The highest BCUT2D eigenvalue weighted by Gasteiger charge is 2.18. The number of hydrogen-bond donors (Lipinski definition) is 2. The van der Waals surface area contributed by atoms with E-state index in [4.69, 9.17) is 15.2 Å². The second kappa shape index (κ2) is 7.38. The first-order valence-corrected chi connectivity index (χ1v) is 8.36. The summed E-state index contributed by atoms with van der Waals surface area (Å²) in [5, 5.41) is 3.23. The molecule has 0 spiro atoms. The largest absolute Gasteiger partial charge is 0.495 e. The molecule has 0 unspecified atom stereocenters. The second-order valence-electron chi connectivity index (χ2n) is 6.15. The SMILES string of the molecule is COc1ccc(C)cc1Nc1ncnc(OC2CCCCC2)c1N. The maximum atomic E-state index is 6.22. The third-order valence-electron chi connectivity index (χ3n) is 4.29. The van der Waals surface area contributed by atoms with Gasteiger partial charge in [0, 0.05) is 0 Å². The normalized spacial score (nSPS) is 15.1. The van der Waals surface area contributed by atoms with Gasteiger partial charge in [-0.15, -0.1) is 0 Å². The van der Waals surface area contributed by atoms with Crippen LogP contribution in [-0.4, -0.2) is 23.2 Å². The van der Waals surface area contributed by atoms with Gasteiger partial charge in [-0.25, -0.2) is 4.98 Å². The van der Waals surface area contributed by atoms with Crippen molar-refractivity contribution >= 4 is 17.2 Å². The Morgan fingerprint density at radius 1 is 1.17 bits per heavy atom. The number of nitrogens with zero attached hydrogens (tertiary/aromatic N) is 2. The van der Waals surface area contributed by atoms with E-state index < -0.39 is 0 Å². The van der Waals surface area contributed by atoms with Crippen LogP contribution in [0.1, 0.15) is 37.7 Å². The fourth-order valence-corrected chi connectivity index (χ4v) is 2.96. The van der Waals surface area contributed by atoms with E-state index in [1.807, 2.05) is 25.1 Å². The summed E-state index contributed by atoms with van der Waals surface area (Å²) in [4.78, 5) is 8.45. The number of nitrogen functional groups attached to an aromatic ring is 1. The Morgan fingerprint density at radius 2 is 1.96 bits per heavy atom. The van der Waals surface area contributed by atoms with Crippen molar-refractivity contribution in [2.24, 2.45) is 0 Å². The predicted molar refractivity (Wildman–Crippen MR) is 95.0 cm³/mol. The highest BCUT2D eigenvalue weighted by molar-refractivity contribution is 5.75. The Balaban J connectivity index is 1.81. The molecule has 1 aromatic heterocycles. The van der Waals surface area contributed by atoms with E-state index in [1.54, 1.807) is 7.11 Å². The summed E-state index contributed by atoms with van der Waals surface area (Å²) < 4.78 is 11.4. The zero-order valence-corrected chi connectivity index (χ0v) is 14.2. The fourth-order valence-electron chi connectivity index (χ4n) is 2.96. The average Bonchev–Trinajstić information content (AvgIpc) is 2.60. The first-order chi connectivity index (χ1) is 11.7. The van der Waals surface area contributed by atoms with Gasteiger partial charge >= 0.3 is 0 Å². The van der Waals surface area contributed by atoms with E-state index >= 15 is 0 Å². The van der Waals surface area contributed by atoms with Gasteiger partial charge in [-0.2, -0.15) is 4.98 Å². The summed E-state index contributed by atoms with van der Waals surface area (Å²) in [7, 11) is 1.64. The molecule has 24 heavy (non-hydrogen) atoms. The average molecular weight is 328 g/mol. The van der Waals surface area contributed by atoms with E-state index in [0.717, 1.165) is 29.8 Å². The maximum absolute atomic E-state index is 6.22. The number of aryl methyl sites for hydroxylation is 1. The zero-order valence-electron chi connectivity index (χ0n) is 14.2. The molecule has 128 valence electrons. The summed E-state index contributed by atoms with van der Waals surface area (Å²) in [5.41, 5.74) is 8.57. The molecule has 0 saturated heterocycles. The van der Waals surface area contributed by atoms with Crippen LogP contribution in [0.5, 0.6) is 11.6 Å². The van der Waals surface area contributed by atoms with Gasteiger partial charge in [0.15, 0.2) is 5.82 Å². The molecular formula is C18H24N4O2. The van der Waals surface area contributed by atoms with Crippen molar-refractivity contribution in [1.29, 1.82) is 0 Å². The lowest BCUT2D eigenvalue weighted by Gasteiger charge is -2.23. The minimum atomic E-state index is 0.192. The number of benzene rings is 1. The highest BCUT2D eigenvalue weighted by atomic mass is 16.5. The molecule has 1 aliphatic carbocycles. The Morgan fingerprint density at radius 3 is 2.71 bits per heavy atom. The van der Waals surface area contributed by atoms with Gasteiger partial charge in [0.1, 0.15) is 23.9 Å². The fraction of sp³-hybridized carbons (Fsp3) is 0.444. The quantitative estimate of drug-likeness (QED) is 0.868. The number of anilines is 3. The molecule has 0 bridgehead atoms. The van der Waals surface area contributed by atoms with Crippen molar-refractivity contribution in [3.05, 3.63) is 30.1 Å². The number of nitrogens with two attached hydrogens (primary N) is 1. The Labute approximate surface area is 142 Å². The molecule has 0 amide bonds. The molecule has 6 nitrogen and oxygen atoms in total. The first kappa shape index (κ1) is 16.4. The van der Waals surface area contributed by atoms with Gasteiger partial charge in [-0.05, 0) is 50.3 Å². The van der Waals surface area contributed by atoms with E-state index in [0.29, 0.717) is 17.4 Å². The summed E-state index contributed by atoms with van der Waals surface area (Å²) in [6.45, 7) is 2.02. The zero-order chi connectivity index (χ0) is 16.9. The standard InChI is InChI=1S/C18H24N4O2/c1-12-8-9-15(23-2)14(10-12)22-17-16(19)18(21-11-20-17)24-13-6-4-3-5-7-13/h8-11,13H,3-7,19H2,1-2H3,(H,20,21,22). The van der Waals surface area contributed by atoms with Gasteiger partial charge in [0.05, 0.1) is 12.8 Å². The van der Waals surface area contributed by atoms with Gasteiger partial charge in [-0.1, -0.05) is 12.5 Å². The number of methoxy groups -OCH3 is 1.